The smallest absolute Gasteiger partial charge is 0.329 e. The van der Waals surface area contributed by atoms with E-state index in [1.54, 1.807) is 12.5 Å². The van der Waals surface area contributed by atoms with Crippen LogP contribution in [0, 0.1) is 0 Å². The first-order chi connectivity index (χ1) is 8.66. The third kappa shape index (κ3) is 3.34. The standard InChI is InChI=1S/C13H19NO4/c1-10(11-4-7-17-8-11)14-5-2-12(3-6-14)18-9-13(15)16/h4,7-8,10,12H,2-3,5-6,9H2,1H3,(H,15,16). The number of ether oxygens (including phenoxy) is 1. The minimum Gasteiger partial charge on any atom is -0.480 e. The Kier molecular flexibility index (Phi) is 4.38. The van der Waals surface area contributed by atoms with Gasteiger partial charge < -0.3 is 14.3 Å². The van der Waals surface area contributed by atoms with Crippen LogP contribution >= 0.6 is 0 Å². The van der Waals surface area contributed by atoms with Crippen LogP contribution in [0.4, 0.5) is 0 Å². The van der Waals surface area contributed by atoms with Gasteiger partial charge >= 0.3 is 5.97 Å². The molecule has 2 rings (SSSR count). The van der Waals surface area contributed by atoms with E-state index in [0.717, 1.165) is 25.9 Å². The topological polar surface area (TPSA) is 62.9 Å². The van der Waals surface area contributed by atoms with E-state index in [0.29, 0.717) is 6.04 Å². The van der Waals surface area contributed by atoms with Crippen molar-refractivity contribution in [2.75, 3.05) is 19.7 Å². The number of furan rings is 1. The van der Waals surface area contributed by atoms with Gasteiger partial charge in [0.15, 0.2) is 0 Å². The summed E-state index contributed by atoms with van der Waals surface area (Å²) < 4.78 is 10.4. The first-order valence-corrected chi connectivity index (χ1v) is 6.26. The molecule has 1 aromatic rings. The fraction of sp³-hybridized carbons (Fsp3) is 0.615. The second-order valence-corrected chi connectivity index (χ2v) is 4.67. The molecule has 0 spiro atoms. The third-order valence-electron chi connectivity index (χ3n) is 3.49. The van der Waals surface area contributed by atoms with E-state index in [2.05, 4.69) is 11.8 Å². The third-order valence-corrected chi connectivity index (χ3v) is 3.49. The van der Waals surface area contributed by atoms with Gasteiger partial charge in [0.2, 0.25) is 0 Å². The Morgan fingerprint density at radius 2 is 2.33 bits per heavy atom. The minimum absolute atomic E-state index is 0.0777. The number of rotatable bonds is 5. The Morgan fingerprint density at radius 1 is 1.61 bits per heavy atom. The number of carboxylic acids is 1. The number of likely N-dealkylation sites (tertiary alicyclic amines) is 1. The van der Waals surface area contributed by atoms with Gasteiger partial charge in [-0.1, -0.05) is 0 Å². The average Bonchev–Trinajstić information content (AvgIpc) is 2.90. The second kappa shape index (κ2) is 6.02. The van der Waals surface area contributed by atoms with Gasteiger partial charge in [0.05, 0.1) is 18.6 Å². The molecule has 2 heterocycles. The Balaban J connectivity index is 1.78. The fourth-order valence-electron chi connectivity index (χ4n) is 2.34. The zero-order valence-corrected chi connectivity index (χ0v) is 10.5. The summed E-state index contributed by atoms with van der Waals surface area (Å²) >= 11 is 0. The molecule has 5 nitrogen and oxygen atoms in total. The van der Waals surface area contributed by atoms with E-state index in [1.165, 1.54) is 5.56 Å². The van der Waals surface area contributed by atoms with Crippen LogP contribution in [0.3, 0.4) is 0 Å². The maximum absolute atomic E-state index is 10.4. The molecule has 1 aliphatic heterocycles. The SMILES string of the molecule is CC(c1ccoc1)N1CCC(OCC(=O)O)CC1. The number of hydrogen-bond acceptors (Lipinski definition) is 4. The van der Waals surface area contributed by atoms with E-state index in [1.807, 2.05) is 6.07 Å². The monoisotopic (exact) mass is 253 g/mol. The van der Waals surface area contributed by atoms with Crippen LogP contribution < -0.4 is 0 Å². The van der Waals surface area contributed by atoms with Crippen molar-refractivity contribution in [1.29, 1.82) is 0 Å². The summed E-state index contributed by atoms with van der Waals surface area (Å²) in [5.41, 5.74) is 1.18. The van der Waals surface area contributed by atoms with Crippen LogP contribution in [-0.4, -0.2) is 41.8 Å². The molecule has 0 radical (unpaired) electrons. The highest BCUT2D eigenvalue weighted by molar-refractivity contribution is 5.68. The Labute approximate surface area is 106 Å². The van der Waals surface area contributed by atoms with Crippen LogP contribution in [0.1, 0.15) is 31.4 Å². The van der Waals surface area contributed by atoms with E-state index in [9.17, 15) is 4.79 Å². The van der Waals surface area contributed by atoms with E-state index < -0.39 is 5.97 Å². The zero-order chi connectivity index (χ0) is 13.0. The molecule has 18 heavy (non-hydrogen) atoms. The molecule has 0 bridgehead atoms. The summed E-state index contributed by atoms with van der Waals surface area (Å²) in [6, 6.07) is 2.32. The number of piperidine rings is 1. The van der Waals surface area contributed by atoms with Crippen molar-refractivity contribution in [3.8, 4) is 0 Å². The molecule has 1 saturated heterocycles. The Hall–Kier alpha value is -1.33. The highest BCUT2D eigenvalue weighted by atomic mass is 16.5. The molecular weight excluding hydrogens is 234 g/mol. The zero-order valence-electron chi connectivity index (χ0n) is 10.5. The molecule has 1 atom stereocenters. The normalized spacial score (nSPS) is 19.8. The van der Waals surface area contributed by atoms with Crippen LogP contribution in [0.15, 0.2) is 23.0 Å². The first kappa shape index (κ1) is 13.1. The molecule has 1 aliphatic rings. The average molecular weight is 253 g/mol. The van der Waals surface area contributed by atoms with Gasteiger partial charge in [-0.2, -0.15) is 0 Å². The molecular formula is C13H19NO4. The number of carbonyl (C=O) groups is 1. The molecule has 0 saturated carbocycles. The maximum Gasteiger partial charge on any atom is 0.329 e. The summed E-state index contributed by atoms with van der Waals surface area (Å²) in [6.07, 6.45) is 5.31. The maximum atomic E-state index is 10.4. The highest BCUT2D eigenvalue weighted by Crippen LogP contribution is 2.25. The van der Waals surface area contributed by atoms with Crippen molar-refractivity contribution < 1.29 is 19.1 Å². The lowest BCUT2D eigenvalue weighted by atomic mass is 10.0. The summed E-state index contributed by atoms with van der Waals surface area (Å²) in [5, 5.41) is 8.56. The molecule has 1 aromatic heterocycles. The largest absolute Gasteiger partial charge is 0.480 e. The number of nitrogens with zero attached hydrogens (tertiary/aromatic N) is 1. The number of carboxylic acid groups (broad SMARTS) is 1. The van der Waals surface area contributed by atoms with Gasteiger partial charge in [0.1, 0.15) is 6.61 Å². The van der Waals surface area contributed by atoms with Gasteiger partial charge in [0, 0.05) is 24.7 Å². The predicted molar refractivity (Wildman–Crippen MR) is 65.3 cm³/mol. The highest BCUT2D eigenvalue weighted by Gasteiger charge is 2.24. The van der Waals surface area contributed by atoms with Crippen molar-refractivity contribution in [2.45, 2.75) is 31.9 Å². The van der Waals surface area contributed by atoms with Gasteiger partial charge in [-0.25, -0.2) is 4.79 Å². The number of aliphatic carboxylic acids is 1. The summed E-state index contributed by atoms with van der Waals surface area (Å²) in [5.74, 6) is -0.899. The Morgan fingerprint density at radius 3 is 2.89 bits per heavy atom. The molecule has 0 amide bonds. The molecule has 100 valence electrons. The van der Waals surface area contributed by atoms with E-state index in [4.69, 9.17) is 14.3 Å². The first-order valence-electron chi connectivity index (χ1n) is 6.26. The molecule has 5 heteroatoms. The van der Waals surface area contributed by atoms with Crippen LogP contribution in [0.2, 0.25) is 0 Å². The minimum atomic E-state index is -0.899. The summed E-state index contributed by atoms with van der Waals surface area (Å²) in [6.45, 7) is 3.82. The quantitative estimate of drug-likeness (QED) is 0.868. The fourth-order valence-corrected chi connectivity index (χ4v) is 2.34. The van der Waals surface area contributed by atoms with Gasteiger partial charge in [-0.15, -0.1) is 0 Å². The van der Waals surface area contributed by atoms with Crippen molar-refractivity contribution in [3.05, 3.63) is 24.2 Å². The summed E-state index contributed by atoms with van der Waals surface area (Å²) in [7, 11) is 0. The lowest BCUT2D eigenvalue weighted by molar-refractivity contribution is -0.145. The Bertz CT molecular complexity index is 368. The van der Waals surface area contributed by atoms with Crippen molar-refractivity contribution >= 4 is 5.97 Å². The second-order valence-electron chi connectivity index (χ2n) is 4.67. The molecule has 1 unspecified atom stereocenters. The molecule has 1 N–H and O–H groups in total. The lowest BCUT2D eigenvalue weighted by Gasteiger charge is -2.35. The summed E-state index contributed by atoms with van der Waals surface area (Å²) in [4.78, 5) is 12.8. The van der Waals surface area contributed by atoms with Crippen LogP contribution in [0.5, 0.6) is 0 Å². The molecule has 0 aromatic carbocycles. The van der Waals surface area contributed by atoms with Crippen molar-refractivity contribution in [2.24, 2.45) is 0 Å². The van der Waals surface area contributed by atoms with Crippen molar-refractivity contribution in [3.63, 3.8) is 0 Å². The van der Waals surface area contributed by atoms with Gasteiger partial charge in [-0.3, -0.25) is 4.90 Å². The molecule has 1 fully saturated rings. The molecule has 0 aliphatic carbocycles. The van der Waals surface area contributed by atoms with Crippen molar-refractivity contribution in [1.82, 2.24) is 4.90 Å². The predicted octanol–water partition coefficient (Wildman–Crippen LogP) is 1.91. The van der Waals surface area contributed by atoms with Gasteiger partial charge in [0.25, 0.3) is 0 Å². The number of hydrogen-bond donors (Lipinski definition) is 1. The van der Waals surface area contributed by atoms with Crippen LogP contribution in [-0.2, 0) is 9.53 Å². The van der Waals surface area contributed by atoms with E-state index in [-0.39, 0.29) is 12.7 Å². The van der Waals surface area contributed by atoms with Gasteiger partial charge in [-0.05, 0) is 25.8 Å². The van der Waals surface area contributed by atoms with E-state index >= 15 is 0 Å². The lowest BCUT2D eigenvalue weighted by Crippen LogP contribution is -2.38. The van der Waals surface area contributed by atoms with Crippen LogP contribution in [0.25, 0.3) is 0 Å².